The number of amides is 1. The lowest BCUT2D eigenvalue weighted by Crippen LogP contribution is -2.13. The summed E-state index contributed by atoms with van der Waals surface area (Å²) < 4.78 is 13.1. The third kappa shape index (κ3) is 2.98. The standard InChI is InChI=1S/C16H10ClFN2O2S/c17-13-5-8(18)1-3-11(13)15(22)20-16-12(7-19)10-4-2-9(21)6-14(10)23-16/h1,3,5H,2,4,6H2,(H,20,22). The van der Waals surface area contributed by atoms with Crippen LogP contribution in [-0.2, 0) is 17.6 Å². The van der Waals surface area contributed by atoms with E-state index in [0.29, 0.717) is 29.8 Å². The van der Waals surface area contributed by atoms with Crippen molar-refractivity contribution in [3.05, 3.63) is 50.6 Å². The van der Waals surface area contributed by atoms with E-state index in [-0.39, 0.29) is 16.4 Å². The van der Waals surface area contributed by atoms with Gasteiger partial charge in [-0.1, -0.05) is 11.6 Å². The van der Waals surface area contributed by atoms with E-state index < -0.39 is 11.7 Å². The second-order valence-corrected chi connectivity index (χ2v) is 6.63. The highest BCUT2D eigenvalue weighted by Crippen LogP contribution is 2.37. The summed E-state index contributed by atoms with van der Waals surface area (Å²) >= 11 is 7.11. The summed E-state index contributed by atoms with van der Waals surface area (Å²) in [6.45, 7) is 0. The fourth-order valence-electron chi connectivity index (χ4n) is 2.50. The number of nitriles is 1. The highest BCUT2D eigenvalue weighted by molar-refractivity contribution is 7.16. The van der Waals surface area contributed by atoms with Gasteiger partial charge in [-0.3, -0.25) is 9.59 Å². The second kappa shape index (κ2) is 6.11. The molecule has 1 aromatic carbocycles. The maximum absolute atomic E-state index is 13.1. The Labute approximate surface area is 140 Å². The average molecular weight is 349 g/mol. The third-order valence-corrected chi connectivity index (χ3v) is 5.08. The van der Waals surface area contributed by atoms with Crippen LogP contribution >= 0.6 is 22.9 Å². The molecule has 1 N–H and O–H groups in total. The highest BCUT2D eigenvalue weighted by atomic mass is 35.5. The minimum absolute atomic E-state index is 0.00231. The van der Waals surface area contributed by atoms with Gasteiger partial charge in [0.1, 0.15) is 22.7 Å². The first kappa shape index (κ1) is 15.7. The lowest BCUT2D eigenvalue weighted by atomic mass is 9.95. The Balaban J connectivity index is 1.93. The topological polar surface area (TPSA) is 70.0 Å². The molecule has 0 bridgehead atoms. The normalized spacial score (nSPS) is 13.3. The summed E-state index contributed by atoms with van der Waals surface area (Å²) in [6, 6.07) is 5.58. The Bertz CT molecular complexity index is 870. The monoisotopic (exact) mass is 348 g/mol. The van der Waals surface area contributed by atoms with Crippen molar-refractivity contribution in [1.29, 1.82) is 5.26 Å². The number of hydrogen-bond acceptors (Lipinski definition) is 4. The zero-order chi connectivity index (χ0) is 16.6. The van der Waals surface area contributed by atoms with Crippen molar-refractivity contribution in [2.24, 2.45) is 0 Å². The van der Waals surface area contributed by atoms with Crippen LogP contribution in [0.2, 0.25) is 5.02 Å². The lowest BCUT2D eigenvalue weighted by molar-refractivity contribution is -0.118. The molecule has 116 valence electrons. The van der Waals surface area contributed by atoms with Crippen molar-refractivity contribution in [2.45, 2.75) is 19.3 Å². The summed E-state index contributed by atoms with van der Waals surface area (Å²) in [4.78, 5) is 24.7. The minimum atomic E-state index is -0.533. The first-order valence-electron chi connectivity index (χ1n) is 6.82. The van der Waals surface area contributed by atoms with Crippen LogP contribution in [0.5, 0.6) is 0 Å². The second-order valence-electron chi connectivity index (χ2n) is 5.11. The maximum atomic E-state index is 13.1. The molecule has 0 saturated carbocycles. The molecule has 0 saturated heterocycles. The molecule has 0 spiro atoms. The van der Waals surface area contributed by atoms with Crippen molar-refractivity contribution in [3.8, 4) is 6.07 Å². The van der Waals surface area contributed by atoms with Gasteiger partial charge >= 0.3 is 0 Å². The highest BCUT2D eigenvalue weighted by Gasteiger charge is 2.25. The summed E-state index contributed by atoms with van der Waals surface area (Å²) in [7, 11) is 0. The van der Waals surface area contributed by atoms with Crippen LogP contribution in [0, 0.1) is 17.1 Å². The maximum Gasteiger partial charge on any atom is 0.257 e. The quantitative estimate of drug-likeness (QED) is 0.899. The van der Waals surface area contributed by atoms with Crippen LogP contribution in [0.15, 0.2) is 18.2 Å². The fraction of sp³-hybridized carbons (Fsp3) is 0.188. The Morgan fingerprint density at radius 1 is 1.39 bits per heavy atom. The van der Waals surface area contributed by atoms with E-state index in [9.17, 15) is 19.2 Å². The zero-order valence-electron chi connectivity index (χ0n) is 11.8. The molecule has 2 aromatic rings. The summed E-state index contributed by atoms with van der Waals surface area (Å²) in [5, 5.41) is 12.4. The van der Waals surface area contributed by atoms with E-state index in [2.05, 4.69) is 11.4 Å². The van der Waals surface area contributed by atoms with Crippen LogP contribution < -0.4 is 5.32 Å². The number of benzene rings is 1. The number of Topliss-reactive ketones (excluding diaryl/α,β-unsaturated/α-hetero) is 1. The molecule has 0 radical (unpaired) electrons. The number of nitrogens with zero attached hydrogens (tertiary/aromatic N) is 1. The Kier molecular flexibility index (Phi) is 4.16. The van der Waals surface area contributed by atoms with Gasteiger partial charge in [0.05, 0.1) is 16.1 Å². The molecule has 1 heterocycles. The number of nitrogens with one attached hydrogen (secondary N) is 1. The van der Waals surface area contributed by atoms with Gasteiger partial charge < -0.3 is 5.32 Å². The minimum Gasteiger partial charge on any atom is -0.312 e. The number of rotatable bonds is 2. The summed E-state index contributed by atoms with van der Waals surface area (Å²) in [5.74, 6) is -0.923. The van der Waals surface area contributed by atoms with Gasteiger partial charge in [-0.05, 0) is 30.2 Å². The van der Waals surface area contributed by atoms with Gasteiger partial charge in [-0.2, -0.15) is 5.26 Å². The molecular formula is C16H10ClFN2O2S. The van der Waals surface area contributed by atoms with Crippen LogP contribution in [0.4, 0.5) is 9.39 Å². The van der Waals surface area contributed by atoms with Crippen LogP contribution in [0.25, 0.3) is 0 Å². The summed E-state index contributed by atoms with van der Waals surface area (Å²) in [5.41, 5.74) is 1.35. The van der Waals surface area contributed by atoms with E-state index >= 15 is 0 Å². The first-order chi connectivity index (χ1) is 11.0. The van der Waals surface area contributed by atoms with Gasteiger partial charge in [-0.15, -0.1) is 11.3 Å². The van der Waals surface area contributed by atoms with Crippen LogP contribution in [-0.4, -0.2) is 11.7 Å². The molecule has 0 unspecified atom stereocenters. The van der Waals surface area contributed by atoms with Gasteiger partial charge in [-0.25, -0.2) is 4.39 Å². The largest absolute Gasteiger partial charge is 0.312 e. The fourth-order valence-corrected chi connectivity index (χ4v) is 3.98. The number of hydrogen-bond donors (Lipinski definition) is 1. The van der Waals surface area contributed by atoms with Gasteiger partial charge in [0, 0.05) is 17.7 Å². The number of fused-ring (bicyclic) bond motifs is 1. The van der Waals surface area contributed by atoms with E-state index in [0.717, 1.165) is 22.6 Å². The molecule has 7 heteroatoms. The van der Waals surface area contributed by atoms with Crippen molar-refractivity contribution in [3.63, 3.8) is 0 Å². The SMILES string of the molecule is N#Cc1c(NC(=O)c2ccc(F)cc2Cl)sc2c1CCC(=O)C2. The molecule has 1 aliphatic carbocycles. The molecule has 4 nitrogen and oxygen atoms in total. The first-order valence-corrected chi connectivity index (χ1v) is 8.01. The molecule has 1 amide bonds. The number of halogens is 2. The number of thiophene rings is 1. The van der Waals surface area contributed by atoms with Crippen LogP contribution in [0.1, 0.15) is 32.8 Å². The van der Waals surface area contributed by atoms with E-state index in [1.165, 1.54) is 17.4 Å². The lowest BCUT2D eigenvalue weighted by Gasteiger charge is -2.09. The van der Waals surface area contributed by atoms with E-state index in [1.54, 1.807) is 0 Å². The van der Waals surface area contributed by atoms with Crippen molar-refractivity contribution in [1.82, 2.24) is 0 Å². The Morgan fingerprint density at radius 3 is 2.87 bits per heavy atom. The summed E-state index contributed by atoms with van der Waals surface area (Å²) in [6.07, 6.45) is 1.22. The molecule has 1 aromatic heterocycles. The molecule has 1 aliphatic rings. The molecule has 3 rings (SSSR count). The molecule has 0 atom stereocenters. The smallest absolute Gasteiger partial charge is 0.257 e. The van der Waals surface area contributed by atoms with Gasteiger partial charge in [0.25, 0.3) is 5.91 Å². The third-order valence-electron chi connectivity index (χ3n) is 3.62. The predicted molar refractivity (Wildman–Crippen MR) is 85.4 cm³/mol. The van der Waals surface area contributed by atoms with Crippen LogP contribution in [0.3, 0.4) is 0 Å². The number of carbonyl (C=O) groups is 2. The predicted octanol–water partition coefficient (Wildman–Crippen LogP) is 3.72. The molecular weight excluding hydrogens is 339 g/mol. The van der Waals surface area contributed by atoms with E-state index in [4.69, 9.17) is 11.6 Å². The van der Waals surface area contributed by atoms with Gasteiger partial charge in [0.15, 0.2) is 0 Å². The molecule has 0 fully saturated rings. The number of anilines is 1. The van der Waals surface area contributed by atoms with E-state index in [1.807, 2.05) is 0 Å². The molecule has 0 aliphatic heterocycles. The number of ketones is 1. The molecule has 23 heavy (non-hydrogen) atoms. The zero-order valence-corrected chi connectivity index (χ0v) is 13.4. The Hall–Kier alpha value is -2.23. The average Bonchev–Trinajstić information content (AvgIpc) is 2.82. The Morgan fingerprint density at radius 2 is 2.17 bits per heavy atom. The van der Waals surface area contributed by atoms with Crippen molar-refractivity contribution >= 4 is 39.6 Å². The van der Waals surface area contributed by atoms with Crippen molar-refractivity contribution < 1.29 is 14.0 Å². The van der Waals surface area contributed by atoms with Gasteiger partial charge in [0.2, 0.25) is 0 Å². The number of carbonyl (C=O) groups excluding carboxylic acids is 2. The van der Waals surface area contributed by atoms with Crippen molar-refractivity contribution in [2.75, 3.05) is 5.32 Å².